The lowest BCUT2D eigenvalue weighted by Gasteiger charge is -2.29. The summed E-state index contributed by atoms with van der Waals surface area (Å²) in [6, 6.07) is 3.51. The molecule has 0 unspecified atom stereocenters. The van der Waals surface area contributed by atoms with Crippen molar-refractivity contribution in [2.75, 3.05) is 18.4 Å². The first-order valence-electron chi connectivity index (χ1n) is 4.59. The lowest BCUT2D eigenvalue weighted by Crippen LogP contribution is -2.51. The molecule has 1 aromatic rings. The molecule has 4 heteroatoms. The van der Waals surface area contributed by atoms with Crippen LogP contribution >= 0.6 is 11.6 Å². The van der Waals surface area contributed by atoms with Gasteiger partial charge in [-0.1, -0.05) is 11.6 Å². The van der Waals surface area contributed by atoms with Crippen molar-refractivity contribution in [3.8, 4) is 0 Å². The maximum absolute atomic E-state index is 13.1. The van der Waals surface area contributed by atoms with E-state index < -0.39 is 0 Å². The molecule has 0 aliphatic carbocycles. The molecule has 0 spiro atoms. The molecule has 0 amide bonds. The molecule has 14 heavy (non-hydrogen) atoms. The van der Waals surface area contributed by atoms with Crippen LogP contribution in [-0.4, -0.2) is 19.1 Å². The van der Waals surface area contributed by atoms with Crippen molar-refractivity contribution in [1.29, 1.82) is 0 Å². The Morgan fingerprint density at radius 1 is 1.50 bits per heavy atom. The van der Waals surface area contributed by atoms with Crippen molar-refractivity contribution in [2.24, 2.45) is 0 Å². The fraction of sp³-hybridized carbons (Fsp3) is 0.400. The van der Waals surface area contributed by atoms with Gasteiger partial charge in [-0.25, -0.2) is 4.39 Å². The topological polar surface area (TPSA) is 24.1 Å². The summed E-state index contributed by atoms with van der Waals surface area (Å²) >= 11 is 5.90. The number of hydrogen-bond acceptors (Lipinski definition) is 2. The van der Waals surface area contributed by atoms with Crippen LogP contribution in [0, 0.1) is 12.7 Å². The van der Waals surface area contributed by atoms with Crippen molar-refractivity contribution < 1.29 is 4.39 Å². The van der Waals surface area contributed by atoms with Gasteiger partial charge in [-0.3, -0.25) is 0 Å². The summed E-state index contributed by atoms with van der Waals surface area (Å²) < 4.78 is 13.1. The first-order valence-corrected chi connectivity index (χ1v) is 4.97. The standard InChI is InChI=1S/C10H12ClFN2/c1-6-2-10(8(11)3-9(6)12)14-7-4-13-5-7/h2-3,7,13-14H,4-5H2,1H3. The summed E-state index contributed by atoms with van der Waals surface area (Å²) in [7, 11) is 0. The molecular weight excluding hydrogens is 203 g/mol. The molecule has 0 aromatic heterocycles. The molecule has 1 aliphatic rings. The lowest BCUT2D eigenvalue weighted by atomic mass is 10.1. The van der Waals surface area contributed by atoms with Gasteiger partial charge in [0.1, 0.15) is 5.82 Å². The summed E-state index contributed by atoms with van der Waals surface area (Å²) in [4.78, 5) is 0. The maximum atomic E-state index is 13.1. The zero-order valence-corrected chi connectivity index (χ0v) is 8.66. The van der Waals surface area contributed by atoms with Crippen molar-refractivity contribution in [3.05, 3.63) is 28.5 Å². The van der Waals surface area contributed by atoms with Crippen LogP contribution in [0.2, 0.25) is 5.02 Å². The van der Waals surface area contributed by atoms with Gasteiger partial charge in [0.05, 0.1) is 16.8 Å². The minimum atomic E-state index is -0.257. The summed E-state index contributed by atoms with van der Waals surface area (Å²) in [5, 5.41) is 6.85. The Balaban J connectivity index is 2.19. The third-order valence-electron chi connectivity index (χ3n) is 2.39. The van der Waals surface area contributed by atoms with E-state index in [4.69, 9.17) is 11.6 Å². The summed E-state index contributed by atoms with van der Waals surface area (Å²) in [5.41, 5.74) is 1.43. The van der Waals surface area contributed by atoms with E-state index in [0.717, 1.165) is 18.8 Å². The fourth-order valence-electron chi connectivity index (χ4n) is 1.38. The SMILES string of the molecule is Cc1cc(NC2CNC2)c(Cl)cc1F. The third-order valence-corrected chi connectivity index (χ3v) is 2.70. The number of anilines is 1. The molecule has 0 atom stereocenters. The van der Waals surface area contributed by atoms with Crippen LogP contribution in [0.1, 0.15) is 5.56 Å². The predicted molar refractivity (Wildman–Crippen MR) is 56.4 cm³/mol. The van der Waals surface area contributed by atoms with Gasteiger partial charge < -0.3 is 10.6 Å². The van der Waals surface area contributed by atoms with Gasteiger partial charge in [0.2, 0.25) is 0 Å². The van der Waals surface area contributed by atoms with Crippen molar-refractivity contribution in [3.63, 3.8) is 0 Å². The minimum absolute atomic E-state index is 0.257. The van der Waals surface area contributed by atoms with Crippen LogP contribution < -0.4 is 10.6 Å². The van der Waals surface area contributed by atoms with Gasteiger partial charge in [0.15, 0.2) is 0 Å². The average Bonchev–Trinajstić information content (AvgIpc) is 2.06. The van der Waals surface area contributed by atoms with Gasteiger partial charge in [-0.15, -0.1) is 0 Å². The predicted octanol–water partition coefficient (Wildman–Crippen LogP) is 2.17. The molecule has 2 N–H and O–H groups in total. The second-order valence-electron chi connectivity index (χ2n) is 3.58. The third kappa shape index (κ3) is 1.83. The van der Waals surface area contributed by atoms with Crippen LogP contribution in [0.15, 0.2) is 12.1 Å². The highest BCUT2D eigenvalue weighted by Crippen LogP contribution is 2.26. The number of aryl methyl sites for hydroxylation is 1. The zero-order chi connectivity index (χ0) is 10.1. The molecule has 0 radical (unpaired) electrons. The minimum Gasteiger partial charge on any atom is -0.379 e. The monoisotopic (exact) mass is 214 g/mol. The highest BCUT2D eigenvalue weighted by Gasteiger charge is 2.17. The highest BCUT2D eigenvalue weighted by atomic mass is 35.5. The molecule has 76 valence electrons. The van der Waals surface area contributed by atoms with E-state index in [2.05, 4.69) is 10.6 Å². The largest absolute Gasteiger partial charge is 0.379 e. The van der Waals surface area contributed by atoms with Gasteiger partial charge in [0, 0.05) is 13.1 Å². The molecular formula is C10H12ClFN2. The molecule has 0 bridgehead atoms. The smallest absolute Gasteiger partial charge is 0.127 e. The number of hydrogen-bond donors (Lipinski definition) is 2. The zero-order valence-electron chi connectivity index (χ0n) is 7.90. The Labute approximate surface area is 87.5 Å². The Kier molecular flexibility index (Phi) is 2.61. The molecule has 1 aliphatic heterocycles. The lowest BCUT2D eigenvalue weighted by molar-refractivity contribution is 0.472. The highest BCUT2D eigenvalue weighted by molar-refractivity contribution is 6.33. The second-order valence-corrected chi connectivity index (χ2v) is 3.99. The van der Waals surface area contributed by atoms with E-state index in [1.54, 1.807) is 13.0 Å². The fourth-order valence-corrected chi connectivity index (χ4v) is 1.58. The number of benzene rings is 1. The summed E-state index contributed by atoms with van der Waals surface area (Å²) in [6.45, 7) is 3.61. The molecule has 2 nitrogen and oxygen atoms in total. The second kappa shape index (κ2) is 3.75. The van der Waals surface area contributed by atoms with Crippen LogP contribution in [-0.2, 0) is 0 Å². The van der Waals surface area contributed by atoms with E-state index >= 15 is 0 Å². The molecule has 2 rings (SSSR count). The number of halogens is 2. The molecule has 1 fully saturated rings. The van der Waals surface area contributed by atoms with Crippen molar-refractivity contribution >= 4 is 17.3 Å². The Morgan fingerprint density at radius 2 is 2.21 bits per heavy atom. The van der Waals surface area contributed by atoms with Gasteiger partial charge in [-0.2, -0.15) is 0 Å². The van der Waals surface area contributed by atoms with Crippen LogP contribution in [0.4, 0.5) is 10.1 Å². The Bertz CT molecular complexity index is 350. The molecule has 1 aromatic carbocycles. The van der Waals surface area contributed by atoms with Gasteiger partial charge in [-0.05, 0) is 24.6 Å². The summed E-state index contributed by atoms with van der Waals surface area (Å²) in [6.07, 6.45) is 0. The van der Waals surface area contributed by atoms with E-state index in [9.17, 15) is 4.39 Å². The molecule has 0 saturated carbocycles. The molecule has 1 saturated heterocycles. The van der Waals surface area contributed by atoms with Gasteiger partial charge in [0.25, 0.3) is 0 Å². The first-order chi connectivity index (χ1) is 6.66. The van der Waals surface area contributed by atoms with E-state index in [1.165, 1.54) is 6.07 Å². The Hall–Kier alpha value is -0.800. The van der Waals surface area contributed by atoms with Crippen LogP contribution in [0.3, 0.4) is 0 Å². The average molecular weight is 215 g/mol. The Morgan fingerprint density at radius 3 is 2.79 bits per heavy atom. The van der Waals surface area contributed by atoms with E-state index in [-0.39, 0.29) is 5.82 Å². The van der Waals surface area contributed by atoms with Gasteiger partial charge >= 0.3 is 0 Å². The van der Waals surface area contributed by atoms with Crippen molar-refractivity contribution in [2.45, 2.75) is 13.0 Å². The first kappa shape index (κ1) is 9.74. The normalized spacial score (nSPS) is 16.5. The molecule has 1 heterocycles. The van der Waals surface area contributed by atoms with E-state index in [0.29, 0.717) is 16.6 Å². The summed E-state index contributed by atoms with van der Waals surface area (Å²) in [5.74, 6) is -0.257. The maximum Gasteiger partial charge on any atom is 0.127 e. The van der Waals surface area contributed by atoms with Crippen molar-refractivity contribution in [1.82, 2.24) is 5.32 Å². The number of nitrogens with one attached hydrogen (secondary N) is 2. The van der Waals surface area contributed by atoms with Crippen LogP contribution in [0.5, 0.6) is 0 Å². The number of rotatable bonds is 2. The van der Waals surface area contributed by atoms with Crippen LogP contribution in [0.25, 0.3) is 0 Å². The quantitative estimate of drug-likeness (QED) is 0.789. The van der Waals surface area contributed by atoms with E-state index in [1.807, 2.05) is 0 Å².